The van der Waals surface area contributed by atoms with Crippen molar-refractivity contribution in [2.45, 2.75) is 78.6 Å². The third-order valence-electron chi connectivity index (χ3n) is 12.0. The van der Waals surface area contributed by atoms with Crippen LogP contribution in [0.2, 0.25) is 0 Å². The Morgan fingerprint density at radius 1 is 0.459 bits per heavy atom. The zero-order chi connectivity index (χ0) is 42.7. The standard InChI is InChI=1S/C56H56N4O/c1-54(2,3)40-21-25-47(50(33-40)38-15-11-10-12-16-38)39-19-22-43(23-20-39)58-29-30-59(37-58)44-31-42(56(7,8)9)32-46(35-44)61-45-24-26-49-48-17-13-14-18-51(48)60(52(49)36-45)53-34-41(27-28-57-53)55(4,5)6/h10-36H,37H2,1-9H3. The van der Waals surface area contributed by atoms with Crippen molar-refractivity contribution < 1.29 is 4.74 Å². The first kappa shape index (κ1) is 39.8. The average Bonchev–Trinajstić information content (AvgIpc) is 3.87. The fourth-order valence-corrected chi connectivity index (χ4v) is 8.35. The van der Waals surface area contributed by atoms with Crippen LogP contribution in [-0.2, 0) is 16.2 Å². The number of hydrogen-bond donors (Lipinski definition) is 0. The quantitative estimate of drug-likeness (QED) is 0.161. The van der Waals surface area contributed by atoms with Crippen LogP contribution < -0.4 is 14.5 Å². The molecule has 0 unspecified atom stereocenters. The molecule has 306 valence electrons. The maximum absolute atomic E-state index is 6.82. The van der Waals surface area contributed by atoms with E-state index in [4.69, 9.17) is 9.72 Å². The van der Waals surface area contributed by atoms with Gasteiger partial charge in [0.2, 0.25) is 0 Å². The minimum atomic E-state index is -0.0864. The average molecular weight is 801 g/mol. The monoisotopic (exact) mass is 800 g/mol. The molecule has 0 bridgehead atoms. The highest BCUT2D eigenvalue weighted by Crippen LogP contribution is 2.40. The lowest BCUT2D eigenvalue weighted by Gasteiger charge is -2.26. The predicted octanol–water partition coefficient (Wildman–Crippen LogP) is 15.0. The molecule has 0 aliphatic carbocycles. The molecule has 8 aromatic rings. The van der Waals surface area contributed by atoms with Gasteiger partial charge < -0.3 is 14.5 Å². The zero-order valence-electron chi connectivity index (χ0n) is 37.0. The fourth-order valence-electron chi connectivity index (χ4n) is 8.35. The van der Waals surface area contributed by atoms with Crippen LogP contribution in [-0.4, -0.2) is 16.2 Å². The second-order valence-electron chi connectivity index (χ2n) is 19.6. The minimum Gasteiger partial charge on any atom is -0.457 e. The summed E-state index contributed by atoms with van der Waals surface area (Å²) < 4.78 is 9.09. The summed E-state index contributed by atoms with van der Waals surface area (Å²) >= 11 is 0. The summed E-state index contributed by atoms with van der Waals surface area (Å²) in [4.78, 5) is 9.47. The Kier molecular flexibility index (Phi) is 9.90. The van der Waals surface area contributed by atoms with Gasteiger partial charge >= 0.3 is 0 Å². The van der Waals surface area contributed by atoms with Crippen molar-refractivity contribution in [3.05, 3.63) is 181 Å². The Hall–Kier alpha value is -6.59. The van der Waals surface area contributed by atoms with Crippen LogP contribution in [0.4, 0.5) is 11.4 Å². The number of aromatic nitrogens is 2. The summed E-state index contributed by atoms with van der Waals surface area (Å²) in [6.07, 6.45) is 6.26. The van der Waals surface area contributed by atoms with Gasteiger partial charge in [-0.2, -0.15) is 0 Å². The molecule has 0 amide bonds. The van der Waals surface area contributed by atoms with Crippen molar-refractivity contribution in [2.75, 3.05) is 16.5 Å². The molecule has 5 heteroatoms. The topological polar surface area (TPSA) is 33.5 Å². The number of fused-ring (bicyclic) bond motifs is 3. The Balaban J connectivity index is 1.00. The largest absolute Gasteiger partial charge is 0.457 e. The van der Waals surface area contributed by atoms with E-state index in [2.05, 4.69) is 235 Å². The lowest BCUT2D eigenvalue weighted by molar-refractivity contribution is 0.479. The third-order valence-corrected chi connectivity index (χ3v) is 12.0. The molecular formula is C56H56N4O. The van der Waals surface area contributed by atoms with Gasteiger partial charge in [0.25, 0.3) is 0 Å². The van der Waals surface area contributed by atoms with Crippen LogP contribution >= 0.6 is 0 Å². The molecule has 3 heterocycles. The van der Waals surface area contributed by atoms with Crippen LogP contribution in [0.15, 0.2) is 164 Å². The van der Waals surface area contributed by atoms with Crippen LogP contribution in [0.3, 0.4) is 0 Å². The highest BCUT2D eigenvalue weighted by molar-refractivity contribution is 6.09. The Bertz CT molecular complexity index is 2920. The van der Waals surface area contributed by atoms with E-state index in [0.29, 0.717) is 6.67 Å². The van der Waals surface area contributed by atoms with Crippen LogP contribution in [0.5, 0.6) is 11.5 Å². The maximum Gasteiger partial charge on any atom is 0.137 e. The predicted molar refractivity (Wildman–Crippen MR) is 257 cm³/mol. The molecule has 0 fully saturated rings. The molecule has 1 aliphatic heterocycles. The molecule has 5 nitrogen and oxygen atoms in total. The number of para-hydroxylation sites is 1. The van der Waals surface area contributed by atoms with E-state index in [1.54, 1.807) is 0 Å². The van der Waals surface area contributed by atoms with E-state index in [-0.39, 0.29) is 16.2 Å². The summed E-state index contributed by atoms with van der Waals surface area (Å²) in [7, 11) is 0. The van der Waals surface area contributed by atoms with Gasteiger partial charge in [-0.25, -0.2) is 4.98 Å². The van der Waals surface area contributed by atoms with Crippen molar-refractivity contribution in [3.63, 3.8) is 0 Å². The van der Waals surface area contributed by atoms with Crippen LogP contribution in [0, 0.1) is 0 Å². The number of benzene rings is 6. The molecule has 2 aromatic heterocycles. The van der Waals surface area contributed by atoms with E-state index in [1.807, 2.05) is 6.20 Å². The highest BCUT2D eigenvalue weighted by atomic mass is 16.5. The number of hydrogen-bond acceptors (Lipinski definition) is 4. The number of pyridine rings is 1. The molecule has 0 radical (unpaired) electrons. The summed E-state index contributed by atoms with van der Waals surface area (Å²) in [5, 5.41) is 2.36. The number of ether oxygens (including phenoxy) is 1. The first-order valence-electron chi connectivity index (χ1n) is 21.5. The van der Waals surface area contributed by atoms with Crippen LogP contribution in [0.25, 0.3) is 49.9 Å². The Morgan fingerprint density at radius 2 is 1.10 bits per heavy atom. The van der Waals surface area contributed by atoms with Crippen molar-refractivity contribution in [2.24, 2.45) is 0 Å². The molecule has 1 aliphatic rings. The number of anilines is 2. The minimum absolute atomic E-state index is 0.000731. The number of rotatable bonds is 7. The van der Waals surface area contributed by atoms with Crippen LogP contribution in [0.1, 0.15) is 79.0 Å². The van der Waals surface area contributed by atoms with E-state index < -0.39 is 0 Å². The zero-order valence-corrected chi connectivity index (χ0v) is 37.0. The van der Waals surface area contributed by atoms with Crippen molar-refractivity contribution in [3.8, 4) is 39.6 Å². The van der Waals surface area contributed by atoms with Gasteiger partial charge in [-0.1, -0.05) is 141 Å². The Morgan fingerprint density at radius 3 is 1.82 bits per heavy atom. The van der Waals surface area contributed by atoms with Gasteiger partial charge in [-0.15, -0.1) is 0 Å². The summed E-state index contributed by atoms with van der Waals surface area (Å²) in [5.74, 6) is 2.49. The van der Waals surface area contributed by atoms with Gasteiger partial charge in [-0.05, 0) is 110 Å². The first-order chi connectivity index (χ1) is 29.1. The lowest BCUT2D eigenvalue weighted by atomic mass is 9.83. The molecule has 61 heavy (non-hydrogen) atoms. The summed E-state index contributed by atoms with van der Waals surface area (Å²) in [6, 6.07) is 52.6. The van der Waals surface area contributed by atoms with Crippen molar-refractivity contribution >= 4 is 33.2 Å². The smallest absolute Gasteiger partial charge is 0.137 e. The van der Waals surface area contributed by atoms with Gasteiger partial charge in [0.1, 0.15) is 17.3 Å². The second-order valence-corrected chi connectivity index (χ2v) is 19.6. The summed E-state index contributed by atoms with van der Waals surface area (Å²) in [5.41, 5.74) is 13.1. The fraction of sp³-hybridized carbons (Fsp3) is 0.232. The molecule has 0 N–H and O–H groups in total. The van der Waals surface area contributed by atoms with E-state index >= 15 is 0 Å². The molecule has 0 spiro atoms. The van der Waals surface area contributed by atoms with Crippen molar-refractivity contribution in [1.29, 1.82) is 0 Å². The van der Waals surface area contributed by atoms with E-state index in [9.17, 15) is 0 Å². The molecule has 0 saturated carbocycles. The molecule has 6 aromatic carbocycles. The van der Waals surface area contributed by atoms with E-state index in [1.165, 1.54) is 49.7 Å². The van der Waals surface area contributed by atoms with Gasteiger partial charge in [0.15, 0.2) is 0 Å². The summed E-state index contributed by atoms with van der Waals surface area (Å²) in [6.45, 7) is 21.0. The third kappa shape index (κ3) is 7.93. The van der Waals surface area contributed by atoms with Gasteiger partial charge in [0, 0.05) is 52.9 Å². The number of nitrogens with zero attached hydrogens (tertiary/aromatic N) is 4. The SMILES string of the molecule is CC(C)(C)c1cc(Oc2ccc3c4ccccc4n(-c4cc(C(C)(C)C)ccn4)c3c2)cc(N2C=CN(c3ccc(-c4ccc(C(C)(C)C)cc4-c4ccccc4)cc3)C2)c1. The molecule has 0 saturated heterocycles. The maximum atomic E-state index is 6.82. The van der Waals surface area contributed by atoms with Crippen molar-refractivity contribution in [1.82, 2.24) is 9.55 Å². The first-order valence-corrected chi connectivity index (χ1v) is 21.5. The molecular weight excluding hydrogens is 745 g/mol. The molecule has 0 atom stereocenters. The highest BCUT2D eigenvalue weighted by Gasteiger charge is 2.23. The normalized spacial score (nSPS) is 13.5. The van der Waals surface area contributed by atoms with Gasteiger partial charge in [-0.3, -0.25) is 4.57 Å². The van der Waals surface area contributed by atoms with Gasteiger partial charge in [0.05, 0.1) is 17.7 Å². The molecule has 9 rings (SSSR count). The second kappa shape index (κ2) is 15.1. The lowest BCUT2D eigenvalue weighted by Crippen LogP contribution is -2.25. The van der Waals surface area contributed by atoms with E-state index in [0.717, 1.165) is 39.7 Å². The Labute approximate surface area is 361 Å².